The maximum atomic E-state index is 14.0. The van der Waals surface area contributed by atoms with Crippen LogP contribution in [0.15, 0.2) is 24.3 Å². The first-order chi connectivity index (χ1) is 14.9. The number of carbonyl (C=O) groups excluding carboxylic acids is 1. The molecule has 1 aromatic heterocycles. The lowest BCUT2D eigenvalue weighted by Gasteiger charge is -2.39. The fraction of sp³-hybridized carbons (Fsp3) is 0.348. The van der Waals surface area contributed by atoms with E-state index in [1.54, 1.807) is 18.2 Å². The van der Waals surface area contributed by atoms with E-state index < -0.39 is 10.8 Å². The molecule has 4 nitrogen and oxygen atoms in total. The third-order valence-electron chi connectivity index (χ3n) is 7.73. The lowest BCUT2D eigenvalue weighted by molar-refractivity contribution is -0.125. The van der Waals surface area contributed by atoms with Crippen molar-refractivity contribution in [2.24, 2.45) is 5.41 Å². The summed E-state index contributed by atoms with van der Waals surface area (Å²) < 4.78 is 0. The highest BCUT2D eigenvalue weighted by molar-refractivity contribution is 6.44. The zero-order valence-electron chi connectivity index (χ0n) is 17.4. The highest BCUT2D eigenvalue weighted by atomic mass is 35.5. The van der Waals surface area contributed by atoms with Gasteiger partial charge < -0.3 is 5.32 Å². The normalized spacial score (nSPS) is 25.2. The van der Waals surface area contributed by atoms with Crippen molar-refractivity contribution in [2.45, 2.75) is 44.4 Å². The Morgan fingerprint density at radius 1 is 0.781 bits per heavy atom. The zero-order valence-corrected chi connectivity index (χ0v) is 21.2. The first-order valence-corrected chi connectivity index (χ1v) is 11.9. The predicted octanol–water partition coefficient (Wildman–Crippen LogP) is 7.86. The fourth-order valence-electron chi connectivity index (χ4n) is 5.45. The summed E-state index contributed by atoms with van der Waals surface area (Å²) in [4.78, 5) is 23.8. The smallest absolute Gasteiger partial charge is 0.237 e. The van der Waals surface area contributed by atoms with Crippen molar-refractivity contribution >= 4 is 80.6 Å². The van der Waals surface area contributed by atoms with Crippen LogP contribution in [0.2, 0.25) is 25.1 Å². The minimum Gasteiger partial charge on any atom is -0.324 e. The molecule has 32 heavy (non-hydrogen) atoms. The van der Waals surface area contributed by atoms with Gasteiger partial charge in [-0.25, -0.2) is 9.97 Å². The molecule has 1 heterocycles. The van der Waals surface area contributed by atoms with E-state index in [-0.39, 0.29) is 11.3 Å². The van der Waals surface area contributed by atoms with E-state index in [9.17, 15) is 4.79 Å². The van der Waals surface area contributed by atoms with Gasteiger partial charge in [0, 0.05) is 5.41 Å². The molecule has 2 aromatic carbocycles. The van der Waals surface area contributed by atoms with Crippen LogP contribution in [0.1, 0.15) is 45.0 Å². The standard InChI is InChI=1S/C23H18Cl5N3O/c1-21(2)22(3)4-5-23(21,20(32)31-15-7-11(25)10(24)6-14(15)28)19-18(22)29-16-8-12(26)13(27)9-17(16)30-19/h6-9H,4-5H2,1-3H3,(H,31,32). The summed E-state index contributed by atoms with van der Waals surface area (Å²) in [6.45, 7) is 6.35. The number of aromatic nitrogens is 2. The minimum absolute atomic E-state index is 0.195. The third-order valence-corrected chi connectivity index (χ3v) is 9.48. The second kappa shape index (κ2) is 7.10. The Bertz CT molecular complexity index is 1340. The summed E-state index contributed by atoms with van der Waals surface area (Å²) in [7, 11) is 0. The Kier molecular flexibility index (Phi) is 4.99. The van der Waals surface area contributed by atoms with Crippen LogP contribution >= 0.6 is 58.0 Å². The second-order valence-corrected chi connectivity index (χ2v) is 11.3. The van der Waals surface area contributed by atoms with E-state index >= 15 is 0 Å². The molecule has 5 rings (SSSR count). The molecule has 1 amide bonds. The van der Waals surface area contributed by atoms with Crippen molar-refractivity contribution in [3.63, 3.8) is 0 Å². The Morgan fingerprint density at radius 3 is 1.94 bits per heavy atom. The second-order valence-electron chi connectivity index (χ2n) is 9.24. The van der Waals surface area contributed by atoms with Crippen molar-refractivity contribution < 1.29 is 4.79 Å². The average Bonchev–Trinajstić information content (AvgIpc) is 3.01. The molecule has 2 atom stereocenters. The van der Waals surface area contributed by atoms with Crippen LogP contribution in [-0.2, 0) is 15.6 Å². The molecule has 9 heteroatoms. The van der Waals surface area contributed by atoms with Gasteiger partial charge in [0.05, 0.1) is 58.6 Å². The molecule has 0 radical (unpaired) electrons. The van der Waals surface area contributed by atoms with Crippen LogP contribution in [0.25, 0.3) is 11.0 Å². The number of nitrogens with zero attached hydrogens (tertiary/aromatic N) is 2. The molecular weight excluding hydrogens is 512 g/mol. The van der Waals surface area contributed by atoms with E-state index in [1.165, 1.54) is 6.07 Å². The van der Waals surface area contributed by atoms with E-state index in [2.05, 4.69) is 26.1 Å². The molecule has 0 aliphatic heterocycles. The average molecular weight is 530 g/mol. The molecule has 2 aliphatic rings. The maximum absolute atomic E-state index is 14.0. The van der Waals surface area contributed by atoms with Gasteiger partial charge >= 0.3 is 0 Å². The summed E-state index contributed by atoms with van der Waals surface area (Å²) >= 11 is 31.0. The van der Waals surface area contributed by atoms with Crippen LogP contribution in [0.4, 0.5) is 5.69 Å². The third kappa shape index (κ3) is 2.74. The van der Waals surface area contributed by atoms with Crippen LogP contribution in [0, 0.1) is 5.41 Å². The molecule has 2 unspecified atom stereocenters. The molecule has 2 aliphatic carbocycles. The summed E-state index contributed by atoms with van der Waals surface area (Å²) in [5, 5.41) is 4.74. The Morgan fingerprint density at radius 2 is 1.31 bits per heavy atom. The van der Waals surface area contributed by atoms with Gasteiger partial charge in [-0.2, -0.15) is 0 Å². The minimum atomic E-state index is -0.903. The monoisotopic (exact) mass is 527 g/mol. The molecule has 1 saturated carbocycles. The number of benzene rings is 2. The molecule has 2 bridgehead atoms. The number of hydrogen-bond donors (Lipinski definition) is 1. The van der Waals surface area contributed by atoms with Gasteiger partial charge in [0.2, 0.25) is 5.91 Å². The lowest BCUT2D eigenvalue weighted by atomic mass is 9.63. The fourth-order valence-corrected chi connectivity index (χ4v) is 6.36. The number of rotatable bonds is 2. The van der Waals surface area contributed by atoms with Gasteiger partial charge in [-0.1, -0.05) is 78.8 Å². The van der Waals surface area contributed by atoms with Crippen LogP contribution in [0.3, 0.4) is 0 Å². The molecule has 3 aromatic rings. The number of nitrogens with one attached hydrogen (secondary N) is 1. The van der Waals surface area contributed by atoms with E-state index in [0.717, 1.165) is 12.1 Å². The molecule has 1 fully saturated rings. The summed E-state index contributed by atoms with van der Waals surface area (Å²) in [5.74, 6) is -0.195. The van der Waals surface area contributed by atoms with Crippen molar-refractivity contribution in [3.05, 3.63) is 60.8 Å². The number of amides is 1. The molecule has 166 valence electrons. The number of halogens is 5. The van der Waals surface area contributed by atoms with Gasteiger partial charge in [0.15, 0.2) is 0 Å². The van der Waals surface area contributed by atoms with Gasteiger partial charge in [0.1, 0.15) is 0 Å². The van der Waals surface area contributed by atoms with Gasteiger partial charge in [-0.15, -0.1) is 0 Å². The predicted molar refractivity (Wildman–Crippen MR) is 132 cm³/mol. The molecule has 1 N–H and O–H groups in total. The van der Waals surface area contributed by atoms with E-state index in [4.69, 9.17) is 68.0 Å². The lowest BCUT2D eigenvalue weighted by Crippen LogP contribution is -2.48. The number of fused-ring (bicyclic) bond motifs is 6. The molecule has 0 spiro atoms. The number of carbonyl (C=O) groups is 1. The topological polar surface area (TPSA) is 54.9 Å². The Balaban J connectivity index is 1.70. The first-order valence-electron chi connectivity index (χ1n) is 10.1. The largest absolute Gasteiger partial charge is 0.324 e. The SMILES string of the molecule is CC12CCC(C(=O)Nc3cc(Cl)c(Cl)cc3Cl)(c3nc4cc(Cl)c(Cl)cc4nc31)C2(C)C. The van der Waals surface area contributed by atoms with Crippen molar-refractivity contribution in [3.8, 4) is 0 Å². The van der Waals surface area contributed by atoms with Crippen LogP contribution in [-0.4, -0.2) is 15.9 Å². The Hall–Kier alpha value is -1.30. The summed E-state index contributed by atoms with van der Waals surface area (Å²) in [6.07, 6.45) is 1.44. The first kappa shape index (κ1) is 22.5. The van der Waals surface area contributed by atoms with E-state index in [0.29, 0.717) is 53.9 Å². The summed E-state index contributed by atoms with van der Waals surface area (Å²) in [6, 6.07) is 6.49. The highest BCUT2D eigenvalue weighted by Crippen LogP contribution is 2.70. The van der Waals surface area contributed by atoms with Gasteiger partial charge in [-0.05, 0) is 42.5 Å². The van der Waals surface area contributed by atoms with E-state index in [1.807, 2.05) is 0 Å². The van der Waals surface area contributed by atoms with Crippen LogP contribution < -0.4 is 5.32 Å². The van der Waals surface area contributed by atoms with Crippen molar-refractivity contribution in [2.75, 3.05) is 5.32 Å². The zero-order chi connectivity index (χ0) is 23.2. The number of hydrogen-bond acceptors (Lipinski definition) is 3. The molecule has 0 saturated heterocycles. The van der Waals surface area contributed by atoms with Gasteiger partial charge in [0.25, 0.3) is 0 Å². The number of anilines is 1. The summed E-state index contributed by atoms with van der Waals surface area (Å²) in [5.41, 5.74) is 1.47. The molecular formula is C23H18Cl5N3O. The van der Waals surface area contributed by atoms with Crippen LogP contribution in [0.5, 0.6) is 0 Å². The highest BCUT2D eigenvalue weighted by Gasteiger charge is 2.73. The Labute approximate surface area is 210 Å². The van der Waals surface area contributed by atoms with Crippen molar-refractivity contribution in [1.82, 2.24) is 9.97 Å². The van der Waals surface area contributed by atoms with Gasteiger partial charge in [-0.3, -0.25) is 4.79 Å². The maximum Gasteiger partial charge on any atom is 0.237 e. The van der Waals surface area contributed by atoms with Crippen molar-refractivity contribution in [1.29, 1.82) is 0 Å². The quantitative estimate of drug-likeness (QED) is 0.344.